The molecule has 2 aromatic rings. The van der Waals surface area contributed by atoms with Crippen molar-refractivity contribution in [1.82, 2.24) is 9.78 Å². The van der Waals surface area contributed by atoms with Gasteiger partial charge in [-0.05, 0) is 12.1 Å². The van der Waals surface area contributed by atoms with Crippen LogP contribution in [-0.2, 0) is 6.54 Å². The van der Waals surface area contributed by atoms with Crippen LogP contribution in [0, 0.1) is 22.7 Å². The first-order valence-electron chi connectivity index (χ1n) is 5.35. The Balaban J connectivity index is 2.38. The lowest BCUT2D eigenvalue weighted by atomic mass is 10.1. The zero-order chi connectivity index (χ0) is 13.0. The predicted molar refractivity (Wildman–Crippen MR) is 67.6 cm³/mol. The Morgan fingerprint density at radius 3 is 2.56 bits per heavy atom. The van der Waals surface area contributed by atoms with E-state index in [0.29, 0.717) is 29.2 Å². The van der Waals surface area contributed by atoms with E-state index in [1.807, 2.05) is 18.2 Å². The Hall–Kier alpha value is -2.30. The van der Waals surface area contributed by atoms with E-state index < -0.39 is 0 Å². The first-order valence-corrected chi connectivity index (χ1v) is 5.73. The molecule has 4 nitrogen and oxygen atoms in total. The van der Waals surface area contributed by atoms with Crippen LogP contribution in [0.3, 0.4) is 0 Å². The van der Waals surface area contributed by atoms with Gasteiger partial charge in [0, 0.05) is 16.8 Å². The number of hydrogen-bond acceptors (Lipinski definition) is 3. The SMILES string of the molecule is N#CCCn1cc(C#N)c(-c2ccc(Cl)cc2)n1. The van der Waals surface area contributed by atoms with Gasteiger partial charge in [0.15, 0.2) is 0 Å². The van der Waals surface area contributed by atoms with E-state index in [9.17, 15) is 0 Å². The van der Waals surface area contributed by atoms with Gasteiger partial charge in [-0.25, -0.2) is 0 Å². The number of hydrogen-bond donors (Lipinski definition) is 0. The third-order valence-electron chi connectivity index (χ3n) is 2.45. The minimum atomic E-state index is 0.368. The Bertz CT molecular complexity index is 628. The summed E-state index contributed by atoms with van der Waals surface area (Å²) >= 11 is 5.82. The fraction of sp³-hybridized carbons (Fsp3) is 0.154. The molecule has 0 saturated heterocycles. The molecule has 1 aromatic carbocycles. The van der Waals surface area contributed by atoms with Crippen LogP contribution < -0.4 is 0 Å². The minimum Gasteiger partial charge on any atom is -0.270 e. The Kier molecular flexibility index (Phi) is 3.62. The zero-order valence-electron chi connectivity index (χ0n) is 9.47. The van der Waals surface area contributed by atoms with Crippen molar-refractivity contribution in [3.8, 4) is 23.4 Å². The topological polar surface area (TPSA) is 65.4 Å². The first kappa shape index (κ1) is 12.2. The summed E-state index contributed by atoms with van der Waals surface area (Å²) in [5, 5.41) is 22.6. The van der Waals surface area contributed by atoms with Crippen molar-refractivity contribution in [2.24, 2.45) is 0 Å². The quantitative estimate of drug-likeness (QED) is 0.848. The zero-order valence-corrected chi connectivity index (χ0v) is 10.2. The van der Waals surface area contributed by atoms with Gasteiger partial charge < -0.3 is 0 Å². The summed E-state index contributed by atoms with van der Waals surface area (Å²) in [7, 11) is 0. The van der Waals surface area contributed by atoms with E-state index in [4.69, 9.17) is 22.1 Å². The molecule has 0 fully saturated rings. The highest BCUT2D eigenvalue weighted by molar-refractivity contribution is 6.30. The van der Waals surface area contributed by atoms with Crippen molar-refractivity contribution < 1.29 is 0 Å². The van der Waals surface area contributed by atoms with E-state index in [-0.39, 0.29) is 0 Å². The molecule has 0 aliphatic rings. The highest BCUT2D eigenvalue weighted by Gasteiger charge is 2.10. The fourth-order valence-electron chi connectivity index (χ4n) is 1.60. The standard InChI is InChI=1S/C13H9ClN4/c14-12-4-2-10(3-5-12)13-11(8-16)9-18(17-13)7-1-6-15/h2-5,9H,1,7H2. The molecule has 0 aliphatic carbocycles. The molecule has 0 unspecified atom stereocenters. The molecule has 0 atom stereocenters. The van der Waals surface area contributed by atoms with Crippen LogP contribution in [0.1, 0.15) is 12.0 Å². The molecule has 0 aliphatic heterocycles. The van der Waals surface area contributed by atoms with E-state index >= 15 is 0 Å². The normalized spacial score (nSPS) is 9.72. The van der Waals surface area contributed by atoms with Gasteiger partial charge in [0.2, 0.25) is 0 Å². The van der Waals surface area contributed by atoms with Gasteiger partial charge in [-0.2, -0.15) is 15.6 Å². The summed E-state index contributed by atoms with van der Waals surface area (Å²) in [5.41, 5.74) is 1.95. The smallest absolute Gasteiger partial charge is 0.110 e. The van der Waals surface area contributed by atoms with Gasteiger partial charge in [-0.3, -0.25) is 4.68 Å². The molecule has 0 radical (unpaired) electrons. The summed E-state index contributed by atoms with van der Waals surface area (Å²) in [6.45, 7) is 0.485. The average Bonchev–Trinajstić information content (AvgIpc) is 2.80. The van der Waals surface area contributed by atoms with Crippen molar-refractivity contribution in [3.63, 3.8) is 0 Å². The second kappa shape index (κ2) is 5.35. The maximum atomic E-state index is 9.08. The van der Waals surface area contributed by atoms with Crippen LogP contribution in [0.5, 0.6) is 0 Å². The Morgan fingerprint density at radius 1 is 1.22 bits per heavy atom. The van der Waals surface area contributed by atoms with Crippen LogP contribution in [0.2, 0.25) is 5.02 Å². The van der Waals surface area contributed by atoms with Crippen molar-refractivity contribution >= 4 is 11.6 Å². The third-order valence-corrected chi connectivity index (χ3v) is 2.70. The molecule has 2 rings (SSSR count). The van der Waals surface area contributed by atoms with Gasteiger partial charge in [-0.1, -0.05) is 23.7 Å². The number of aryl methyl sites for hydroxylation is 1. The van der Waals surface area contributed by atoms with Crippen molar-refractivity contribution in [3.05, 3.63) is 41.0 Å². The minimum absolute atomic E-state index is 0.368. The molecule has 0 amide bonds. The molecule has 18 heavy (non-hydrogen) atoms. The molecule has 5 heteroatoms. The summed E-state index contributed by atoms with van der Waals surface area (Å²) in [4.78, 5) is 0. The number of nitrogens with zero attached hydrogens (tertiary/aromatic N) is 4. The summed E-state index contributed by atoms with van der Waals surface area (Å²) < 4.78 is 1.62. The molecule has 1 heterocycles. The maximum absolute atomic E-state index is 9.08. The van der Waals surface area contributed by atoms with Crippen molar-refractivity contribution in [1.29, 1.82) is 10.5 Å². The number of rotatable bonds is 3. The van der Waals surface area contributed by atoms with E-state index in [2.05, 4.69) is 11.2 Å². The van der Waals surface area contributed by atoms with Gasteiger partial charge in [-0.15, -0.1) is 0 Å². The van der Waals surface area contributed by atoms with Crippen molar-refractivity contribution in [2.75, 3.05) is 0 Å². The van der Waals surface area contributed by atoms with Crippen LogP contribution in [-0.4, -0.2) is 9.78 Å². The van der Waals surface area contributed by atoms with Crippen LogP contribution in [0.25, 0.3) is 11.3 Å². The largest absolute Gasteiger partial charge is 0.270 e. The van der Waals surface area contributed by atoms with Crippen LogP contribution in [0.15, 0.2) is 30.5 Å². The summed E-state index contributed by atoms with van der Waals surface area (Å²) in [6.07, 6.45) is 2.02. The highest BCUT2D eigenvalue weighted by atomic mass is 35.5. The van der Waals surface area contributed by atoms with Gasteiger partial charge in [0.25, 0.3) is 0 Å². The summed E-state index contributed by atoms with van der Waals surface area (Å²) in [6, 6.07) is 11.3. The average molecular weight is 257 g/mol. The number of nitriles is 2. The molecule has 0 bridgehead atoms. The molecule has 0 N–H and O–H groups in total. The molecule has 0 spiro atoms. The van der Waals surface area contributed by atoms with E-state index in [1.165, 1.54) is 0 Å². The van der Waals surface area contributed by atoms with Crippen molar-refractivity contribution in [2.45, 2.75) is 13.0 Å². The number of aromatic nitrogens is 2. The molecular weight excluding hydrogens is 248 g/mol. The van der Waals surface area contributed by atoms with Gasteiger partial charge in [0.1, 0.15) is 11.8 Å². The van der Waals surface area contributed by atoms with E-state index in [0.717, 1.165) is 5.56 Å². The third kappa shape index (κ3) is 2.51. The second-order valence-electron chi connectivity index (χ2n) is 3.68. The second-order valence-corrected chi connectivity index (χ2v) is 4.12. The predicted octanol–water partition coefficient (Wildman–Crippen LogP) is 2.99. The Labute approximate surface area is 110 Å². The molecule has 0 saturated carbocycles. The highest BCUT2D eigenvalue weighted by Crippen LogP contribution is 2.23. The number of halogens is 1. The molecular formula is C13H9ClN4. The Morgan fingerprint density at radius 2 is 1.94 bits per heavy atom. The maximum Gasteiger partial charge on any atom is 0.110 e. The lowest BCUT2D eigenvalue weighted by Crippen LogP contribution is -1.97. The molecule has 88 valence electrons. The number of benzene rings is 1. The van der Waals surface area contributed by atoms with Gasteiger partial charge >= 0.3 is 0 Å². The van der Waals surface area contributed by atoms with E-state index in [1.54, 1.807) is 23.0 Å². The fourth-order valence-corrected chi connectivity index (χ4v) is 1.73. The lowest BCUT2D eigenvalue weighted by molar-refractivity contribution is 0.629. The molecule has 1 aromatic heterocycles. The lowest BCUT2D eigenvalue weighted by Gasteiger charge is -1.98. The van der Waals surface area contributed by atoms with Crippen LogP contribution in [0.4, 0.5) is 0 Å². The van der Waals surface area contributed by atoms with Gasteiger partial charge in [0.05, 0.1) is 24.6 Å². The first-order chi connectivity index (χ1) is 8.74. The summed E-state index contributed by atoms with van der Waals surface area (Å²) in [5.74, 6) is 0. The monoisotopic (exact) mass is 256 g/mol. The van der Waals surface area contributed by atoms with Crippen LogP contribution >= 0.6 is 11.6 Å².